The van der Waals surface area contributed by atoms with Crippen LogP contribution in [-0.4, -0.2) is 41.3 Å². The number of rotatable bonds is 4. The monoisotopic (exact) mass is 222 g/mol. The Bertz CT molecular complexity index is 327. The molecule has 0 radical (unpaired) electrons. The Hall–Kier alpha value is -1.20. The van der Waals surface area contributed by atoms with Crippen LogP contribution in [0.1, 0.15) is 18.4 Å². The number of hydrogen-bond donors (Lipinski definition) is 2. The van der Waals surface area contributed by atoms with E-state index in [0.717, 1.165) is 37.4 Å². The quantitative estimate of drug-likeness (QED) is 0.759. The van der Waals surface area contributed by atoms with E-state index in [4.69, 9.17) is 0 Å². The molecule has 1 aliphatic heterocycles. The number of nitrogens with one attached hydrogen (secondary N) is 1. The molecule has 16 heavy (non-hydrogen) atoms. The lowest BCUT2D eigenvalue weighted by Crippen LogP contribution is -2.33. The van der Waals surface area contributed by atoms with Crippen molar-refractivity contribution in [3.63, 3.8) is 0 Å². The van der Waals surface area contributed by atoms with Crippen molar-refractivity contribution in [2.24, 2.45) is 0 Å². The molecule has 1 atom stereocenters. The molecule has 0 aliphatic carbocycles. The average molecular weight is 222 g/mol. The van der Waals surface area contributed by atoms with Crippen LogP contribution in [0, 0.1) is 0 Å². The summed E-state index contributed by atoms with van der Waals surface area (Å²) in [7, 11) is 1.90. The third-order valence-corrected chi connectivity index (χ3v) is 2.92. The minimum Gasteiger partial charge on any atom is -0.394 e. The first kappa shape index (κ1) is 11.3. The van der Waals surface area contributed by atoms with E-state index < -0.39 is 0 Å². The lowest BCUT2D eigenvalue weighted by molar-refractivity contribution is 0.265. The SMILES string of the molecule is CNCc1cnc(N2CCCC2CO)nc1. The summed E-state index contributed by atoms with van der Waals surface area (Å²) in [6.45, 7) is 1.90. The maximum atomic E-state index is 9.23. The van der Waals surface area contributed by atoms with Gasteiger partial charge in [0.15, 0.2) is 0 Å². The Balaban J connectivity index is 2.08. The lowest BCUT2D eigenvalue weighted by Gasteiger charge is -2.22. The van der Waals surface area contributed by atoms with Gasteiger partial charge in [0.25, 0.3) is 0 Å². The molecule has 0 saturated carbocycles. The molecule has 1 unspecified atom stereocenters. The van der Waals surface area contributed by atoms with Crippen molar-refractivity contribution >= 4 is 5.95 Å². The predicted octanol–water partition coefficient (Wildman–Crippen LogP) is 0.157. The van der Waals surface area contributed by atoms with E-state index in [1.807, 2.05) is 19.4 Å². The smallest absolute Gasteiger partial charge is 0.225 e. The molecule has 0 spiro atoms. The maximum Gasteiger partial charge on any atom is 0.225 e. The van der Waals surface area contributed by atoms with E-state index in [2.05, 4.69) is 20.2 Å². The lowest BCUT2D eigenvalue weighted by atomic mass is 10.2. The minimum absolute atomic E-state index is 0.182. The molecule has 0 aromatic carbocycles. The number of aliphatic hydroxyl groups is 1. The van der Waals surface area contributed by atoms with E-state index in [1.54, 1.807) is 0 Å². The van der Waals surface area contributed by atoms with Crippen molar-refractivity contribution in [1.29, 1.82) is 0 Å². The Kier molecular flexibility index (Phi) is 3.69. The first-order valence-corrected chi connectivity index (χ1v) is 5.68. The molecule has 2 heterocycles. The Labute approximate surface area is 95.5 Å². The summed E-state index contributed by atoms with van der Waals surface area (Å²) in [4.78, 5) is 10.8. The highest BCUT2D eigenvalue weighted by molar-refractivity contribution is 5.33. The van der Waals surface area contributed by atoms with Crippen LogP contribution >= 0.6 is 0 Å². The van der Waals surface area contributed by atoms with Gasteiger partial charge in [0, 0.05) is 31.0 Å². The molecule has 88 valence electrons. The second kappa shape index (κ2) is 5.23. The van der Waals surface area contributed by atoms with Gasteiger partial charge in [-0.25, -0.2) is 9.97 Å². The molecular weight excluding hydrogens is 204 g/mol. The molecule has 5 nitrogen and oxygen atoms in total. The largest absolute Gasteiger partial charge is 0.394 e. The number of aromatic nitrogens is 2. The minimum atomic E-state index is 0.182. The van der Waals surface area contributed by atoms with Crippen LogP contribution in [0.3, 0.4) is 0 Å². The second-order valence-electron chi connectivity index (χ2n) is 4.09. The molecular formula is C11H18N4O. The van der Waals surface area contributed by atoms with Crippen LogP contribution in [-0.2, 0) is 6.54 Å². The Morgan fingerprint density at radius 2 is 2.25 bits per heavy atom. The molecule has 0 amide bonds. The molecule has 0 bridgehead atoms. The molecule has 1 aromatic heterocycles. The fraction of sp³-hybridized carbons (Fsp3) is 0.636. The van der Waals surface area contributed by atoms with E-state index in [9.17, 15) is 5.11 Å². The first-order chi connectivity index (χ1) is 7.85. The van der Waals surface area contributed by atoms with Gasteiger partial charge in [-0.3, -0.25) is 0 Å². The summed E-state index contributed by atoms with van der Waals surface area (Å²) in [6.07, 6.45) is 5.81. The van der Waals surface area contributed by atoms with Gasteiger partial charge in [0.1, 0.15) is 0 Å². The molecule has 1 fully saturated rings. The predicted molar refractivity (Wildman–Crippen MR) is 62.2 cm³/mol. The van der Waals surface area contributed by atoms with E-state index in [1.165, 1.54) is 0 Å². The van der Waals surface area contributed by atoms with Crippen molar-refractivity contribution in [3.05, 3.63) is 18.0 Å². The van der Waals surface area contributed by atoms with Gasteiger partial charge in [-0.2, -0.15) is 0 Å². The highest BCUT2D eigenvalue weighted by Crippen LogP contribution is 2.21. The molecule has 5 heteroatoms. The van der Waals surface area contributed by atoms with Crippen molar-refractivity contribution in [2.75, 3.05) is 25.1 Å². The number of hydrogen-bond acceptors (Lipinski definition) is 5. The van der Waals surface area contributed by atoms with Crippen LogP contribution in [0.2, 0.25) is 0 Å². The van der Waals surface area contributed by atoms with Gasteiger partial charge in [-0.05, 0) is 19.9 Å². The van der Waals surface area contributed by atoms with Gasteiger partial charge in [0.05, 0.1) is 12.6 Å². The summed E-state index contributed by atoms with van der Waals surface area (Å²) in [5.41, 5.74) is 1.07. The number of anilines is 1. The summed E-state index contributed by atoms with van der Waals surface area (Å²) in [6, 6.07) is 0.190. The van der Waals surface area contributed by atoms with Gasteiger partial charge < -0.3 is 15.3 Å². The number of aliphatic hydroxyl groups excluding tert-OH is 1. The molecule has 1 aliphatic rings. The summed E-state index contributed by atoms with van der Waals surface area (Å²) >= 11 is 0. The van der Waals surface area contributed by atoms with Crippen molar-refractivity contribution in [2.45, 2.75) is 25.4 Å². The van der Waals surface area contributed by atoms with Crippen LogP contribution in [0.25, 0.3) is 0 Å². The van der Waals surface area contributed by atoms with E-state index >= 15 is 0 Å². The normalized spacial score (nSPS) is 20.4. The van der Waals surface area contributed by atoms with Crippen molar-refractivity contribution in [3.8, 4) is 0 Å². The van der Waals surface area contributed by atoms with E-state index in [-0.39, 0.29) is 12.6 Å². The van der Waals surface area contributed by atoms with Gasteiger partial charge in [-0.15, -0.1) is 0 Å². The van der Waals surface area contributed by atoms with Gasteiger partial charge in [0.2, 0.25) is 5.95 Å². The summed E-state index contributed by atoms with van der Waals surface area (Å²) in [5.74, 6) is 0.733. The zero-order chi connectivity index (χ0) is 11.4. The second-order valence-corrected chi connectivity index (χ2v) is 4.09. The third-order valence-electron chi connectivity index (χ3n) is 2.92. The summed E-state index contributed by atoms with van der Waals surface area (Å²) < 4.78 is 0. The van der Waals surface area contributed by atoms with Crippen molar-refractivity contribution in [1.82, 2.24) is 15.3 Å². The maximum absolute atomic E-state index is 9.23. The zero-order valence-corrected chi connectivity index (χ0v) is 9.56. The fourth-order valence-corrected chi connectivity index (χ4v) is 2.08. The highest BCUT2D eigenvalue weighted by atomic mass is 16.3. The fourth-order valence-electron chi connectivity index (χ4n) is 2.08. The van der Waals surface area contributed by atoms with Gasteiger partial charge >= 0.3 is 0 Å². The van der Waals surface area contributed by atoms with E-state index in [0.29, 0.717) is 0 Å². The first-order valence-electron chi connectivity index (χ1n) is 5.68. The number of nitrogens with zero attached hydrogens (tertiary/aromatic N) is 3. The zero-order valence-electron chi connectivity index (χ0n) is 9.56. The Morgan fingerprint density at radius 1 is 1.50 bits per heavy atom. The molecule has 1 aromatic rings. The summed E-state index contributed by atoms with van der Waals surface area (Å²) in [5, 5.41) is 12.3. The van der Waals surface area contributed by atoms with Crippen LogP contribution in [0.5, 0.6) is 0 Å². The van der Waals surface area contributed by atoms with Crippen LogP contribution in [0.4, 0.5) is 5.95 Å². The average Bonchev–Trinajstić information content (AvgIpc) is 2.78. The standard InChI is InChI=1S/C11H18N4O/c1-12-5-9-6-13-11(14-7-9)15-4-2-3-10(15)8-16/h6-7,10,12,16H,2-5,8H2,1H3. The highest BCUT2D eigenvalue weighted by Gasteiger charge is 2.25. The van der Waals surface area contributed by atoms with Crippen LogP contribution in [0.15, 0.2) is 12.4 Å². The molecule has 1 saturated heterocycles. The Morgan fingerprint density at radius 3 is 2.88 bits per heavy atom. The topological polar surface area (TPSA) is 61.3 Å². The molecule has 2 N–H and O–H groups in total. The third kappa shape index (κ3) is 2.31. The van der Waals surface area contributed by atoms with Crippen molar-refractivity contribution < 1.29 is 5.11 Å². The van der Waals surface area contributed by atoms with Gasteiger partial charge in [-0.1, -0.05) is 0 Å². The van der Waals surface area contributed by atoms with Crippen LogP contribution < -0.4 is 10.2 Å². The molecule has 2 rings (SSSR count).